The topological polar surface area (TPSA) is 48.0 Å². The summed E-state index contributed by atoms with van der Waals surface area (Å²) in [4.78, 5) is 14.7. The normalized spacial score (nSPS) is 11.5. The fourth-order valence-electron chi connectivity index (χ4n) is 2.23. The number of nitrogens with zero attached hydrogens (tertiary/aromatic N) is 1. The zero-order chi connectivity index (χ0) is 18.1. The minimum absolute atomic E-state index is 0.00287. The van der Waals surface area contributed by atoms with Gasteiger partial charge in [0.2, 0.25) is 0 Å². The van der Waals surface area contributed by atoms with Gasteiger partial charge in [0.1, 0.15) is 0 Å². The second-order valence-corrected chi connectivity index (χ2v) is 6.09. The van der Waals surface area contributed by atoms with Crippen LogP contribution in [-0.2, 0) is 4.74 Å². The van der Waals surface area contributed by atoms with Crippen LogP contribution in [0.2, 0.25) is 0 Å². The maximum atomic E-state index is 12.8. The lowest BCUT2D eigenvalue weighted by atomic mass is 9.95. The molecule has 0 fully saturated rings. The first-order chi connectivity index (χ1) is 11.4. The van der Waals surface area contributed by atoms with Crippen molar-refractivity contribution in [1.82, 2.24) is 4.90 Å². The number of carbonyl (C=O) groups is 1. The standard InChI is InChI=1S/C19H29NO4/c1-14(2)16(13-20(3)4)19(21)15-8-9-17(23-6)18(12-15)24-11-7-10-22-5/h8-9,12-14H,7,10-11H2,1-6H3/b16-13+. The van der Waals surface area contributed by atoms with Gasteiger partial charge in [0.15, 0.2) is 17.3 Å². The number of ketones is 1. The van der Waals surface area contributed by atoms with Gasteiger partial charge in [-0.2, -0.15) is 0 Å². The molecule has 0 aliphatic rings. The van der Waals surface area contributed by atoms with E-state index in [1.165, 1.54) is 0 Å². The van der Waals surface area contributed by atoms with Gasteiger partial charge < -0.3 is 19.1 Å². The third-order valence-electron chi connectivity index (χ3n) is 3.46. The predicted octanol–water partition coefficient (Wildman–Crippen LogP) is 3.39. The summed E-state index contributed by atoms with van der Waals surface area (Å²) in [5.74, 6) is 1.33. The van der Waals surface area contributed by atoms with E-state index in [-0.39, 0.29) is 11.7 Å². The highest BCUT2D eigenvalue weighted by Gasteiger charge is 2.18. The number of benzene rings is 1. The van der Waals surface area contributed by atoms with Gasteiger partial charge in [-0.05, 0) is 24.1 Å². The first kappa shape index (κ1) is 20.0. The van der Waals surface area contributed by atoms with E-state index in [2.05, 4.69) is 0 Å². The van der Waals surface area contributed by atoms with Crippen molar-refractivity contribution in [2.24, 2.45) is 5.92 Å². The molecule has 0 N–H and O–H groups in total. The fraction of sp³-hybridized carbons (Fsp3) is 0.526. The van der Waals surface area contributed by atoms with Crippen molar-refractivity contribution in [3.63, 3.8) is 0 Å². The van der Waals surface area contributed by atoms with Gasteiger partial charge in [-0.1, -0.05) is 13.8 Å². The van der Waals surface area contributed by atoms with E-state index in [1.54, 1.807) is 32.4 Å². The van der Waals surface area contributed by atoms with Crippen molar-refractivity contribution in [3.8, 4) is 11.5 Å². The van der Waals surface area contributed by atoms with Crippen LogP contribution in [0, 0.1) is 5.92 Å². The number of carbonyl (C=O) groups excluding carboxylic acids is 1. The van der Waals surface area contributed by atoms with Gasteiger partial charge >= 0.3 is 0 Å². The molecule has 24 heavy (non-hydrogen) atoms. The quantitative estimate of drug-likeness (QED) is 0.373. The number of Topliss-reactive ketones (excluding diaryl/α,β-unsaturated/α-hetero) is 1. The fourth-order valence-corrected chi connectivity index (χ4v) is 2.23. The lowest BCUT2D eigenvalue weighted by Gasteiger charge is -2.16. The molecule has 1 aromatic carbocycles. The second kappa shape index (κ2) is 9.98. The Hall–Kier alpha value is -2.01. The van der Waals surface area contributed by atoms with Gasteiger partial charge in [0, 0.05) is 51.6 Å². The van der Waals surface area contributed by atoms with Crippen molar-refractivity contribution in [2.75, 3.05) is 41.5 Å². The molecule has 5 nitrogen and oxygen atoms in total. The second-order valence-electron chi connectivity index (χ2n) is 6.09. The molecule has 134 valence electrons. The lowest BCUT2D eigenvalue weighted by Crippen LogP contribution is -2.14. The Labute approximate surface area is 145 Å². The van der Waals surface area contributed by atoms with E-state index in [0.717, 1.165) is 12.0 Å². The SMILES string of the molecule is COCCCOc1cc(C(=O)/C(=C/N(C)C)C(C)C)ccc1OC. The molecule has 0 atom stereocenters. The molecule has 1 aromatic rings. The lowest BCUT2D eigenvalue weighted by molar-refractivity contribution is 0.102. The maximum Gasteiger partial charge on any atom is 0.190 e. The van der Waals surface area contributed by atoms with Gasteiger partial charge in [0.05, 0.1) is 13.7 Å². The van der Waals surface area contributed by atoms with E-state index in [4.69, 9.17) is 14.2 Å². The van der Waals surface area contributed by atoms with Crippen LogP contribution in [0.4, 0.5) is 0 Å². The van der Waals surface area contributed by atoms with Crippen LogP contribution >= 0.6 is 0 Å². The van der Waals surface area contributed by atoms with Gasteiger partial charge in [0.25, 0.3) is 0 Å². The average Bonchev–Trinajstić information content (AvgIpc) is 2.55. The summed E-state index contributed by atoms with van der Waals surface area (Å²) in [5, 5.41) is 0. The minimum Gasteiger partial charge on any atom is -0.493 e. The van der Waals surface area contributed by atoms with E-state index >= 15 is 0 Å². The smallest absolute Gasteiger partial charge is 0.190 e. The molecule has 0 radical (unpaired) electrons. The Morgan fingerprint density at radius 2 is 1.88 bits per heavy atom. The molecule has 0 bridgehead atoms. The van der Waals surface area contributed by atoms with E-state index in [9.17, 15) is 4.79 Å². The predicted molar refractivity (Wildman–Crippen MR) is 95.9 cm³/mol. The molecule has 0 heterocycles. The maximum absolute atomic E-state index is 12.8. The molecule has 0 aliphatic carbocycles. The van der Waals surface area contributed by atoms with Crippen LogP contribution in [0.3, 0.4) is 0 Å². The van der Waals surface area contributed by atoms with E-state index < -0.39 is 0 Å². The monoisotopic (exact) mass is 335 g/mol. The molecule has 0 saturated heterocycles. The van der Waals surface area contributed by atoms with Crippen LogP contribution in [0.5, 0.6) is 11.5 Å². The van der Waals surface area contributed by atoms with Gasteiger partial charge in [-0.25, -0.2) is 0 Å². The molecule has 0 aromatic heterocycles. The molecule has 5 heteroatoms. The third kappa shape index (κ3) is 5.89. The van der Waals surface area contributed by atoms with Crippen molar-refractivity contribution in [2.45, 2.75) is 20.3 Å². The molecule has 0 unspecified atom stereocenters. The molecule has 0 spiro atoms. The Morgan fingerprint density at radius 1 is 1.17 bits per heavy atom. The minimum atomic E-state index is 0.00287. The highest BCUT2D eigenvalue weighted by molar-refractivity contribution is 6.09. The van der Waals surface area contributed by atoms with Crippen molar-refractivity contribution in [1.29, 1.82) is 0 Å². The van der Waals surface area contributed by atoms with Crippen molar-refractivity contribution >= 4 is 5.78 Å². The van der Waals surface area contributed by atoms with Crippen LogP contribution in [0.1, 0.15) is 30.6 Å². The Kier molecular flexibility index (Phi) is 8.33. The molecular formula is C19H29NO4. The number of ether oxygens (including phenoxy) is 3. The van der Waals surface area contributed by atoms with Gasteiger partial charge in [-0.15, -0.1) is 0 Å². The highest BCUT2D eigenvalue weighted by Crippen LogP contribution is 2.30. The van der Waals surface area contributed by atoms with Crippen molar-refractivity contribution in [3.05, 3.63) is 35.5 Å². The summed E-state index contributed by atoms with van der Waals surface area (Å²) in [5.41, 5.74) is 1.36. The van der Waals surface area contributed by atoms with Crippen LogP contribution < -0.4 is 9.47 Å². The first-order valence-electron chi connectivity index (χ1n) is 8.13. The largest absolute Gasteiger partial charge is 0.493 e. The van der Waals surface area contributed by atoms with Crippen molar-refractivity contribution < 1.29 is 19.0 Å². The Morgan fingerprint density at radius 3 is 2.42 bits per heavy atom. The molecular weight excluding hydrogens is 306 g/mol. The summed E-state index contributed by atoms with van der Waals surface area (Å²) in [7, 11) is 7.07. The Bertz CT molecular complexity index is 564. The number of methoxy groups -OCH3 is 2. The van der Waals surface area contributed by atoms with E-state index in [0.29, 0.717) is 30.3 Å². The van der Waals surface area contributed by atoms with Crippen LogP contribution in [0.25, 0.3) is 0 Å². The van der Waals surface area contributed by atoms with Crippen LogP contribution in [0.15, 0.2) is 30.0 Å². The average molecular weight is 335 g/mol. The molecule has 0 saturated carbocycles. The molecule has 0 amide bonds. The number of rotatable bonds is 10. The zero-order valence-electron chi connectivity index (χ0n) is 15.6. The van der Waals surface area contributed by atoms with Gasteiger partial charge in [-0.3, -0.25) is 4.79 Å². The summed E-state index contributed by atoms with van der Waals surface area (Å²) in [6.45, 7) is 5.16. The number of allylic oxidation sites excluding steroid dienone is 1. The number of hydrogen-bond donors (Lipinski definition) is 0. The summed E-state index contributed by atoms with van der Waals surface area (Å²) < 4.78 is 16.1. The Balaban J connectivity index is 3.04. The summed E-state index contributed by atoms with van der Waals surface area (Å²) >= 11 is 0. The summed E-state index contributed by atoms with van der Waals surface area (Å²) in [6.07, 6.45) is 2.64. The van der Waals surface area contributed by atoms with E-state index in [1.807, 2.05) is 39.0 Å². The number of hydrogen-bond acceptors (Lipinski definition) is 5. The van der Waals surface area contributed by atoms with Crippen LogP contribution in [-0.4, -0.2) is 52.2 Å². The highest BCUT2D eigenvalue weighted by atomic mass is 16.5. The summed E-state index contributed by atoms with van der Waals surface area (Å²) in [6, 6.07) is 5.29. The first-order valence-corrected chi connectivity index (χ1v) is 8.13. The zero-order valence-corrected chi connectivity index (χ0v) is 15.6. The third-order valence-corrected chi connectivity index (χ3v) is 3.46. The molecule has 0 aliphatic heterocycles. The molecule has 1 rings (SSSR count).